The number of hydrogen-bond donors (Lipinski definition) is 1. The Morgan fingerprint density at radius 2 is 2.07 bits per heavy atom. The van der Waals surface area contributed by atoms with Crippen LogP contribution in [0.5, 0.6) is 0 Å². The number of carbonyl (C=O) groups excluding carboxylic acids is 2. The predicted molar refractivity (Wildman–Crippen MR) is 57.2 cm³/mol. The van der Waals surface area contributed by atoms with E-state index in [1.807, 2.05) is 13.8 Å². The van der Waals surface area contributed by atoms with Gasteiger partial charge in [0.05, 0.1) is 13.7 Å². The minimum atomic E-state index is -0.416. The molecule has 5 nitrogen and oxygen atoms in total. The Hall–Kier alpha value is -1.10. The van der Waals surface area contributed by atoms with Crippen LogP contribution in [0.4, 0.5) is 0 Å². The highest BCUT2D eigenvalue weighted by atomic mass is 16.5. The van der Waals surface area contributed by atoms with Gasteiger partial charge in [0.1, 0.15) is 6.04 Å². The van der Waals surface area contributed by atoms with E-state index in [1.165, 1.54) is 12.0 Å². The van der Waals surface area contributed by atoms with Crippen molar-refractivity contribution in [3.05, 3.63) is 0 Å². The van der Waals surface area contributed by atoms with Crippen LogP contribution in [-0.4, -0.2) is 43.0 Å². The Morgan fingerprint density at radius 1 is 1.47 bits per heavy atom. The highest BCUT2D eigenvalue weighted by Gasteiger charge is 2.33. The lowest BCUT2D eigenvalue weighted by atomic mass is 10.2. The number of amides is 1. The molecule has 0 aromatic carbocycles. The third kappa shape index (κ3) is 3.51. The van der Waals surface area contributed by atoms with Gasteiger partial charge in [0.15, 0.2) is 0 Å². The van der Waals surface area contributed by atoms with E-state index in [-0.39, 0.29) is 18.4 Å². The van der Waals surface area contributed by atoms with Gasteiger partial charge in [-0.25, -0.2) is 4.79 Å². The minimum absolute atomic E-state index is 0.0481. The summed E-state index contributed by atoms with van der Waals surface area (Å²) in [6, 6.07) is -0.416. The summed E-state index contributed by atoms with van der Waals surface area (Å²) in [7, 11) is 1.33. The average molecular weight is 216 g/mol. The largest absolute Gasteiger partial charge is 0.467 e. The van der Waals surface area contributed by atoms with E-state index < -0.39 is 6.04 Å². The van der Waals surface area contributed by atoms with E-state index in [2.05, 4.69) is 4.74 Å². The molecular formula is C10H20N2O3. The Bertz CT molecular complexity index is 197. The molecule has 1 heterocycles. The lowest BCUT2D eigenvalue weighted by Crippen LogP contribution is -2.43. The zero-order chi connectivity index (χ0) is 11.8. The number of ether oxygens (including phenoxy) is 1. The maximum Gasteiger partial charge on any atom is 0.328 e. The maximum atomic E-state index is 11.2. The van der Waals surface area contributed by atoms with Crippen LogP contribution in [0.2, 0.25) is 0 Å². The van der Waals surface area contributed by atoms with Gasteiger partial charge in [-0.15, -0.1) is 0 Å². The number of likely N-dealkylation sites (tertiary alicyclic amines) is 1. The molecule has 1 rings (SSSR count). The maximum absolute atomic E-state index is 11.2. The van der Waals surface area contributed by atoms with Gasteiger partial charge >= 0.3 is 5.97 Å². The third-order valence-electron chi connectivity index (χ3n) is 2.22. The molecule has 5 heteroatoms. The van der Waals surface area contributed by atoms with Crippen LogP contribution >= 0.6 is 0 Å². The molecule has 1 atom stereocenters. The highest BCUT2D eigenvalue weighted by Crippen LogP contribution is 2.17. The fourth-order valence-corrected chi connectivity index (χ4v) is 1.56. The molecule has 0 bridgehead atoms. The molecule has 0 radical (unpaired) electrons. The van der Waals surface area contributed by atoms with E-state index in [1.54, 1.807) is 0 Å². The summed E-state index contributed by atoms with van der Waals surface area (Å²) >= 11 is 0. The zero-order valence-electron chi connectivity index (χ0n) is 9.66. The zero-order valence-corrected chi connectivity index (χ0v) is 9.66. The lowest BCUT2D eigenvalue weighted by molar-refractivity contribution is -0.150. The molecule has 1 fully saturated rings. The van der Waals surface area contributed by atoms with Gasteiger partial charge < -0.3 is 15.4 Å². The quantitative estimate of drug-likeness (QED) is 0.666. The molecule has 1 unspecified atom stereocenters. The minimum Gasteiger partial charge on any atom is -0.467 e. The van der Waals surface area contributed by atoms with Crippen LogP contribution in [0.3, 0.4) is 0 Å². The van der Waals surface area contributed by atoms with Gasteiger partial charge in [-0.2, -0.15) is 0 Å². The van der Waals surface area contributed by atoms with Crippen molar-refractivity contribution in [2.45, 2.75) is 32.7 Å². The molecule has 1 aliphatic heterocycles. The second-order valence-electron chi connectivity index (χ2n) is 2.97. The van der Waals surface area contributed by atoms with E-state index in [0.29, 0.717) is 13.0 Å². The SMILES string of the molecule is CC.COC(=O)C1CCCN1C(=O)CN. The van der Waals surface area contributed by atoms with Gasteiger partial charge in [0.2, 0.25) is 5.91 Å². The van der Waals surface area contributed by atoms with Crippen LogP contribution in [0.25, 0.3) is 0 Å². The van der Waals surface area contributed by atoms with Crippen molar-refractivity contribution in [2.75, 3.05) is 20.2 Å². The first-order chi connectivity index (χ1) is 7.20. The first kappa shape index (κ1) is 13.9. The average Bonchev–Trinajstić information content (AvgIpc) is 2.78. The van der Waals surface area contributed by atoms with Crippen LogP contribution in [0.1, 0.15) is 26.7 Å². The molecule has 0 spiro atoms. The monoisotopic (exact) mass is 216 g/mol. The van der Waals surface area contributed by atoms with Gasteiger partial charge in [-0.05, 0) is 12.8 Å². The molecule has 1 saturated heterocycles. The number of methoxy groups -OCH3 is 1. The summed E-state index contributed by atoms with van der Waals surface area (Å²) in [5, 5.41) is 0. The molecule has 1 amide bonds. The van der Waals surface area contributed by atoms with Gasteiger partial charge in [-0.1, -0.05) is 13.8 Å². The fourth-order valence-electron chi connectivity index (χ4n) is 1.56. The van der Waals surface area contributed by atoms with Gasteiger partial charge in [0.25, 0.3) is 0 Å². The first-order valence-corrected chi connectivity index (χ1v) is 5.28. The van der Waals surface area contributed by atoms with Crippen LogP contribution in [-0.2, 0) is 14.3 Å². The summed E-state index contributed by atoms with van der Waals surface area (Å²) in [5.74, 6) is -0.535. The summed E-state index contributed by atoms with van der Waals surface area (Å²) < 4.78 is 4.59. The van der Waals surface area contributed by atoms with Crippen molar-refractivity contribution in [2.24, 2.45) is 5.73 Å². The summed E-state index contributed by atoms with van der Waals surface area (Å²) in [5.41, 5.74) is 5.21. The molecule has 1 aliphatic rings. The van der Waals surface area contributed by atoms with Crippen LogP contribution in [0, 0.1) is 0 Å². The summed E-state index contributed by atoms with van der Waals surface area (Å²) in [6.07, 6.45) is 1.52. The lowest BCUT2D eigenvalue weighted by Gasteiger charge is -2.21. The number of nitrogens with two attached hydrogens (primary N) is 1. The second kappa shape index (κ2) is 7.23. The number of nitrogens with zero attached hydrogens (tertiary/aromatic N) is 1. The number of hydrogen-bond acceptors (Lipinski definition) is 4. The van der Waals surface area contributed by atoms with Crippen LogP contribution in [0.15, 0.2) is 0 Å². The van der Waals surface area contributed by atoms with Gasteiger partial charge in [-0.3, -0.25) is 4.79 Å². The van der Waals surface area contributed by atoms with Crippen LogP contribution < -0.4 is 5.73 Å². The highest BCUT2D eigenvalue weighted by molar-refractivity contribution is 5.86. The molecule has 0 aliphatic carbocycles. The van der Waals surface area contributed by atoms with Crippen molar-refractivity contribution < 1.29 is 14.3 Å². The Morgan fingerprint density at radius 3 is 2.53 bits per heavy atom. The molecule has 15 heavy (non-hydrogen) atoms. The number of rotatable bonds is 2. The Balaban J connectivity index is 0.000000921. The topological polar surface area (TPSA) is 72.6 Å². The van der Waals surface area contributed by atoms with Gasteiger partial charge in [0, 0.05) is 6.54 Å². The van der Waals surface area contributed by atoms with Crippen molar-refractivity contribution >= 4 is 11.9 Å². The predicted octanol–water partition coefficient (Wildman–Crippen LogP) is 0.135. The van der Waals surface area contributed by atoms with Crippen molar-refractivity contribution in [1.82, 2.24) is 4.90 Å². The molecular weight excluding hydrogens is 196 g/mol. The van der Waals surface area contributed by atoms with E-state index in [4.69, 9.17) is 5.73 Å². The van der Waals surface area contributed by atoms with Crippen molar-refractivity contribution in [1.29, 1.82) is 0 Å². The summed E-state index contributed by atoms with van der Waals surface area (Å²) in [6.45, 7) is 4.56. The first-order valence-electron chi connectivity index (χ1n) is 5.28. The molecule has 0 saturated carbocycles. The molecule has 0 aromatic heterocycles. The third-order valence-corrected chi connectivity index (χ3v) is 2.22. The summed E-state index contributed by atoms with van der Waals surface area (Å²) in [4.78, 5) is 23.9. The number of esters is 1. The Kier molecular flexibility index (Phi) is 6.70. The van der Waals surface area contributed by atoms with Crippen molar-refractivity contribution in [3.8, 4) is 0 Å². The second-order valence-corrected chi connectivity index (χ2v) is 2.97. The van der Waals surface area contributed by atoms with E-state index >= 15 is 0 Å². The molecule has 0 aromatic rings. The van der Waals surface area contributed by atoms with E-state index in [9.17, 15) is 9.59 Å². The molecule has 2 N–H and O–H groups in total. The normalized spacial score (nSPS) is 19.2. The van der Waals surface area contributed by atoms with E-state index in [0.717, 1.165) is 6.42 Å². The van der Waals surface area contributed by atoms with Crippen molar-refractivity contribution in [3.63, 3.8) is 0 Å². The molecule has 88 valence electrons. The smallest absolute Gasteiger partial charge is 0.328 e. The number of carbonyl (C=O) groups is 2. The standard InChI is InChI=1S/C8H14N2O3.C2H6/c1-13-8(12)6-3-2-4-10(6)7(11)5-9;1-2/h6H,2-5,9H2,1H3;1-2H3. The fraction of sp³-hybridized carbons (Fsp3) is 0.800. The Labute approximate surface area is 90.6 Å².